The zero-order chi connectivity index (χ0) is 13.8. The van der Waals surface area contributed by atoms with Crippen LogP contribution in [0.15, 0.2) is 29.4 Å². The highest BCUT2D eigenvalue weighted by Gasteiger charge is 2.17. The lowest BCUT2D eigenvalue weighted by molar-refractivity contribution is -0.139. The first-order valence-corrected chi connectivity index (χ1v) is 6.72. The van der Waals surface area contributed by atoms with Gasteiger partial charge in [-0.05, 0) is 13.8 Å². The lowest BCUT2D eigenvalue weighted by atomic mass is 10.1. The zero-order valence-electron chi connectivity index (χ0n) is 11.0. The largest absolute Gasteiger partial charge is 0.468 e. The number of methoxy groups -OCH3 is 1. The molecule has 19 heavy (non-hydrogen) atoms. The summed E-state index contributed by atoms with van der Waals surface area (Å²) in [7, 11) is 1.37. The van der Waals surface area contributed by atoms with Crippen molar-refractivity contribution in [1.29, 1.82) is 0 Å². The molecule has 0 spiro atoms. The van der Waals surface area contributed by atoms with E-state index in [1.807, 2.05) is 31.2 Å². The molecule has 1 N–H and O–H groups in total. The highest BCUT2D eigenvalue weighted by molar-refractivity contribution is 8.00. The first-order chi connectivity index (χ1) is 9.10. The molecule has 0 aliphatic rings. The van der Waals surface area contributed by atoms with Crippen molar-refractivity contribution in [3.63, 3.8) is 0 Å². The first kappa shape index (κ1) is 13.6. The molecule has 6 heteroatoms. The van der Waals surface area contributed by atoms with Gasteiger partial charge in [0.05, 0.1) is 7.11 Å². The van der Waals surface area contributed by atoms with Gasteiger partial charge in [0.2, 0.25) is 5.16 Å². The van der Waals surface area contributed by atoms with Gasteiger partial charge in [0.15, 0.2) is 5.82 Å². The van der Waals surface area contributed by atoms with Crippen molar-refractivity contribution in [2.24, 2.45) is 0 Å². The molecule has 1 atom stereocenters. The van der Waals surface area contributed by atoms with Crippen molar-refractivity contribution < 1.29 is 9.53 Å². The van der Waals surface area contributed by atoms with E-state index in [9.17, 15) is 4.79 Å². The quantitative estimate of drug-likeness (QED) is 0.686. The minimum atomic E-state index is -0.327. The average Bonchev–Trinajstić information content (AvgIpc) is 2.87. The summed E-state index contributed by atoms with van der Waals surface area (Å²) in [5, 5.41) is 7.17. The highest BCUT2D eigenvalue weighted by Crippen LogP contribution is 2.23. The summed E-state index contributed by atoms with van der Waals surface area (Å²) in [5.74, 6) is 0.409. The lowest BCUT2D eigenvalue weighted by Gasteiger charge is -2.04. The number of aromatic nitrogens is 3. The monoisotopic (exact) mass is 277 g/mol. The maximum atomic E-state index is 11.3. The Morgan fingerprint density at radius 2 is 2.05 bits per heavy atom. The topological polar surface area (TPSA) is 67.9 Å². The fourth-order valence-corrected chi connectivity index (χ4v) is 2.26. The molecule has 0 amide bonds. The third-order valence-corrected chi connectivity index (χ3v) is 3.54. The SMILES string of the molecule is COC(=O)[C@H](C)Sc1n[nH]c(-c2ccc(C)cc2)n1. The molecular weight excluding hydrogens is 262 g/mol. The molecule has 1 aromatic heterocycles. The molecule has 1 aromatic carbocycles. The molecule has 0 aliphatic carbocycles. The fourth-order valence-electron chi connectivity index (χ4n) is 1.51. The van der Waals surface area contributed by atoms with Crippen molar-refractivity contribution in [1.82, 2.24) is 15.2 Å². The second-order valence-electron chi connectivity index (χ2n) is 4.12. The van der Waals surface area contributed by atoms with Gasteiger partial charge in [-0.25, -0.2) is 4.98 Å². The third-order valence-electron chi connectivity index (χ3n) is 2.61. The smallest absolute Gasteiger partial charge is 0.318 e. The molecule has 2 aromatic rings. The van der Waals surface area contributed by atoms with Crippen LogP contribution in [0.25, 0.3) is 11.4 Å². The molecular formula is C13H15N3O2S. The van der Waals surface area contributed by atoms with E-state index < -0.39 is 0 Å². The van der Waals surface area contributed by atoms with Crippen LogP contribution in [-0.2, 0) is 9.53 Å². The Labute approximate surface area is 115 Å². The highest BCUT2D eigenvalue weighted by atomic mass is 32.2. The predicted octanol–water partition coefficient (Wildman–Crippen LogP) is 2.43. The van der Waals surface area contributed by atoms with E-state index in [2.05, 4.69) is 19.9 Å². The number of nitrogens with zero attached hydrogens (tertiary/aromatic N) is 2. The van der Waals surface area contributed by atoms with Crippen LogP contribution in [0.3, 0.4) is 0 Å². The van der Waals surface area contributed by atoms with Crippen molar-refractivity contribution >= 4 is 17.7 Å². The van der Waals surface area contributed by atoms with E-state index >= 15 is 0 Å². The van der Waals surface area contributed by atoms with Crippen LogP contribution in [0.2, 0.25) is 0 Å². The number of ether oxygens (including phenoxy) is 1. The maximum absolute atomic E-state index is 11.3. The summed E-state index contributed by atoms with van der Waals surface area (Å²) in [6, 6.07) is 7.99. The second-order valence-corrected chi connectivity index (χ2v) is 5.42. The Kier molecular flexibility index (Phi) is 4.21. The molecule has 2 rings (SSSR count). The number of carbonyl (C=O) groups excluding carboxylic acids is 1. The number of hydrogen-bond donors (Lipinski definition) is 1. The number of hydrogen-bond acceptors (Lipinski definition) is 5. The molecule has 0 saturated heterocycles. The van der Waals surface area contributed by atoms with Gasteiger partial charge >= 0.3 is 5.97 Å². The number of rotatable bonds is 4. The number of nitrogens with one attached hydrogen (secondary N) is 1. The van der Waals surface area contributed by atoms with Crippen LogP contribution in [-0.4, -0.2) is 33.5 Å². The Morgan fingerprint density at radius 3 is 2.68 bits per heavy atom. The van der Waals surface area contributed by atoms with E-state index in [0.717, 1.165) is 5.56 Å². The molecule has 0 unspecified atom stereocenters. The summed E-state index contributed by atoms with van der Waals surface area (Å²) < 4.78 is 4.66. The molecule has 100 valence electrons. The van der Waals surface area contributed by atoms with Crippen LogP contribution in [0.1, 0.15) is 12.5 Å². The van der Waals surface area contributed by atoms with Crippen molar-refractivity contribution in [2.45, 2.75) is 24.3 Å². The van der Waals surface area contributed by atoms with Crippen LogP contribution in [0.5, 0.6) is 0 Å². The number of aromatic amines is 1. The van der Waals surface area contributed by atoms with Gasteiger partial charge in [-0.1, -0.05) is 41.6 Å². The molecule has 0 fully saturated rings. The van der Waals surface area contributed by atoms with Crippen molar-refractivity contribution in [2.75, 3.05) is 7.11 Å². The molecule has 1 heterocycles. The summed E-state index contributed by atoms with van der Waals surface area (Å²) in [4.78, 5) is 15.7. The van der Waals surface area contributed by atoms with E-state index in [1.54, 1.807) is 6.92 Å². The second kappa shape index (κ2) is 5.88. The Balaban J connectivity index is 2.11. The maximum Gasteiger partial charge on any atom is 0.318 e. The van der Waals surface area contributed by atoms with Crippen LogP contribution in [0.4, 0.5) is 0 Å². The lowest BCUT2D eigenvalue weighted by Crippen LogP contribution is -2.14. The summed E-state index contributed by atoms with van der Waals surface area (Å²) in [6.07, 6.45) is 0. The van der Waals surface area contributed by atoms with Gasteiger partial charge in [-0.15, -0.1) is 5.10 Å². The van der Waals surface area contributed by atoms with Gasteiger partial charge in [-0.2, -0.15) is 0 Å². The number of benzene rings is 1. The molecule has 5 nitrogen and oxygen atoms in total. The van der Waals surface area contributed by atoms with Crippen molar-refractivity contribution in [3.05, 3.63) is 29.8 Å². The molecule has 0 aliphatic heterocycles. The normalized spacial score (nSPS) is 12.2. The van der Waals surface area contributed by atoms with Crippen LogP contribution in [0, 0.1) is 6.92 Å². The van der Waals surface area contributed by atoms with E-state index in [1.165, 1.54) is 24.4 Å². The zero-order valence-corrected chi connectivity index (χ0v) is 11.8. The van der Waals surface area contributed by atoms with Crippen LogP contribution >= 0.6 is 11.8 Å². The number of carbonyl (C=O) groups is 1. The minimum absolute atomic E-state index is 0.285. The number of thioether (sulfide) groups is 1. The van der Waals surface area contributed by atoms with Crippen molar-refractivity contribution in [3.8, 4) is 11.4 Å². The Hall–Kier alpha value is -1.82. The molecule has 0 radical (unpaired) electrons. The Bertz CT molecular complexity index is 566. The van der Waals surface area contributed by atoms with Gasteiger partial charge < -0.3 is 4.74 Å². The summed E-state index contributed by atoms with van der Waals surface area (Å²) in [6.45, 7) is 3.79. The van der Waals surface area contributed by atoms with Gasteiger partial charge in [0, 0.05) is 5.56 Å². The number of aryl methyl sites for hydroxylation is 1. The predicted molar refractivity (Wildman–Crippen MR) is 73.9 cm³/mol. The van der Waals surface area contributed by atoms with Crippen LogP contribution < -0.4 is 0 Å². The number of esters is 1. The Morgan fingerprint density at radius 1 is 1.37 bits per heavy atom. The van der Waals surface area contributed by atoms with E-state index in [0.29, 0.717) is 11.0 Å². The third kappa shape index (κ3) is 3.35. The molecule has 0 saturated carbocycles. The van der Waals surface area contributed by atoms with E-state index in [4.69, 9.17) is 0 Å². The average molecular weight is 277 g/mol. The minimum Gasteiger partial charge on any atom is -0.468 e. The fraction of sp³-hybridized carbons (Fsp3) is 0.308. The summed E-state index contributed by atoms with van der Waals surface area (Å²) >= 11 is 1.27. The van der Waals surface area contributed by atoms with E-state index in [-0.39, 0.29) is 11.2 Å². The molecule has 0 bridgehead atoms. The van der Waals surface area contributed by atoms with Gasteiger partial charge in [0.25, 0.3) is 0 Å². The van der Waals surface area contributed by atoms with Gasteiger partial charge in [0.1, 0.15) is 5.25 Å². The van der Waals surface area contributed by atoms with Gasteiger partial charge in [-0.3, -0.25) is 9.89 Å². The first-order valence-electron chi connectivity index (χ1n) is 5.84. The standard InChI is InChI=1S/C13H15N3O2S/c1-8-4-6-10(7-5-8)11-14-13(16-15-11)19-9(2)12(17)18-3/h4-7,9H,1-3H3,(H,14,15,16)/t9-/m0/s1. The number of H-pyrrole nitrogens is 1. The summed E-state index contributed by atoms with van der Waals surface area (Å²) in [5.41, 5.74) is 2.16.